The van der Waals surface area contributed by atoms with Crippen molar-refractivity contribution in [2.24, 2.45) is 0 Å². The molecule has 2 rings (SSSR count). The Morgan fingerprint density at radius 2 is 2.00 bits per heavy atom. The van der Waals surface area contributed by atoms with Gasteiger partial charge in [-0.3, -0.25) is 10.1 Å². The summed E-state index contributed by atoms with van der Waals surface area (Å²) in [7, 11) is 0. The lowest BCUT2D eigenvalue weighted by Gasteiger charge is -2.10. The Labute approximate surface area is 148 Å². The second kappa shape index (κ2) is 8.45. The van der Waals surface area contributed by atoms with Crippen molar-refractivity contribution < 1.29 is 9.53 Å². The van der Waals surface area contributed by atoms with Gasteiger partial charge in [-0.2, -0.15) is 0 Å². The summed E-state index contributed by atoms with van der Waals surface area (Å²) >= 11 is 8.48. The number of carbonyl (C=O) groups excluding carboxylic acids is 1. The highest BCUT2D eigenvalue weighted by Crippen LogP contribution is 2.16. The molecule has 0 bridgehead atoms. The van der Waals surface area contributed by atoms with Gasteiger partial charge in [0.05, 0.1) is 0 Å². The third kappa shape index (κ3) is 5.50. The van der Waals surface area contributed by atoms with Gasteiger partial charge in [0.1, 0.15) is 12.4 Å². The van der Waals surface area contributed by atoms with E-state index >= 15 is 0 Å². The number of halogens is 1. The smallest absolute Gasteiger partial charge is 0.257 e. The van der Waals surface area contributed by atoms with Crippen LogP contribution in [-0.4, -0.2) is 17.6 Å². The summed E-state index contributed by atoms with van der Waals surface area (Å²) in [6, 6.07) is 14.3. The van der Waals surface area contributed by atoms with Crippen LogP contribution in [0.15, 0.2) is 65.7 Å². The summed E-state index contributed by atoms with van der Waals surface area (Å²) in [5.41, 5.74) is 1.28. The van der Waals surface area contributed by atoms with Crippen LogP contribution in [0.2, 0.25) is 0 Å². The molecule has 23 heavy (non-hydrogen) atoms. The Morgan fingerprint density at radius 1 is 1.26 bits per heavy atom. The van der Waals surface area contributed by atoms with Crippen LogP contribution in [0.1, 0.15) is 10.4 Å². The number of hydrogen-bond acceptors (Lipinski definition) is 3. The van der Waals surface area contributed by atoms with Crippen molar-refractivity contribution in [2.45, 2.75) is 0 Å². The van der Waals surface area contributed by atoms with Crippen LogP contribution < -0.4 is 15.4 Å². The van der Waals surface area contributed by atoms with Crippen LogP contribution >= 0.6 is 28.1 Å². The molecule has 0 saturated heterocycles. The largest absolute Gasteiger partial charge is 0.490 e. The first kappa shape index (κ1) is 17.2. The van der Waals surface area contributed by atoms with Crippen molar-refractivity contribution in [3.05, 3.63) is 71.2 Å². The molecule has 0 aromatic heterocycles. The zero-order chi connectivity index (χ0) is 16.7. The van der Waals surface area contributed by atoms with Crippen LogP contribution in [0.3, 0.4) is 0 Å². The van der Waals surface area contributed by atoms with Gasteiger partial charge in [-0.05, 0) is 54.7 Å². The summed E-state index contributed by atoms with van der Waals surface area (Å²) < 4.78 is 6.23. The van der Waals surface area contributed by atoms with Gasteiger partial charge in [0.2, 0.25) is 0 Å². The number of nitrogens with one attached hydrogen (secondary N) is 2. The highest BCUT2D eigenvalue weighted by molar-refractivity contribution is 9.10. The van der Waals surface area contributed by atoms with Gasteiger partial charge >= 0.3 is 0 Å². The van der Waals surface area contributed by atoms with E-state index in [0.717, 1.165) is 15.9 Å². The molecule has 6 heteroatoms. The molecule has 2 aromatic carbocycles. The van der Waals surface area contributed by atoms with Crippen molar-refractivity contribution in [1.29, 1.82) is 0 Å². The topological polar surface area (TPSA) is 50.4 Å². The highest BCUT2D eigenvalue weighted by atomic mass is 79.9. The van der Waals surface area contributed by atoms with Crippen LogP contribution in [0.4, 0.5) is 5.69 Å². The fraction of sp³-hybridized carbons (Fsp3) is 0.0588. The number of thiocarbonyl (C=S) groups is 1. The molecule has 0 fully saturated rings. The minimum Gasteiger partial charge on any atom is -0.490 e. The number of benzene rings is 2. The van der Waals surface area contributed by atoms with Gasteiger partial charge < -0.3 is 10.1 Å². The molecule has 0 aliphatic rings. The van der Waals surface area contributed by atoms with Gasteiger partial charge in [0.15, 0.2) is 5.11 Å². The minimum absolute atomic E-state index is 0.231. The minimum atomic E-state index is -0.269. The summed E-state index contributed by atoms with van der Waals surface area (Å²) in [5.74, 6) is 0.467. The van der Waals surface area contributed by atoms with E-state index in [0.29, 0.717) is 12.2 Å². The van der Waals surface area contributed by atoms with Crippen molar-refractivity contribution in [3.8, 4) is 5.75 Å². The van der Waals surface area contributed by atoms with Crippen molar-refractivity contribution >= 4 is 44.9 Å². The molecule has 0 heterocycles. The molecule has 0 saturated carbocycles. The van der Waals surface area contributed by atoms with Crippen molar-refractivity contribution in [3.63, 3.8) is 0 Å². The molecular formula is C17H15BrN2O2S. The number of ether oxygens (including phenoxy) is 1. The van der Waals surface area contributed by atoms with E-state index in [4.69, 9.17) is 17.0 Å². The molecule has 1 amide bonds. The number of rotatable bonds is 5. The van der Waals surface area contributed by atoms with E-state index in [9.17, 15) is 4.79 Å². The van der Waals surface area contributed by atoms with E-state index in [-0.39, 0.29) is 11.0 Å². The van der Waals surface area contributed by atoms with Crippen LogP contribution in [-0.2, 0) is 0 Å². The average Bonchev–Trinajstić information content (AvgIpc) is 2.54. The standard InChI is InChI=1S/C17H15BrN2O2S/c1-2-10-22-15-8-6-14(7-9-15)19-17(23)20-16(21)12-4-3-5-13(18)11-12/h2-9,11H,1,10H2,(H2,19,20,21,23). The Bertz CT molecular complexity index is 717. The molecule has 4 nitrogen and oxygen atoms in total. The lowest BCUT2D eigenvalue weighted by Crippen LogP contribution is -2.34. The first-order chi connectivity index (χ1) is 11.1. The SMILES string of the molecule is C=CCOc1ccc(NC(=S)NC(=O)c2cccc(Br)c2)cc1. The number of carbonyl (C=O) groups is 1. The molecule has 0 aliphatic carbocycles. The maximum atomic E-state index is 12.1. The molecule has 118 valence electrons. The normalized spacial score (nSPS) is 9.78. The van der Waals surface area contributed by atoms with E-state index < -0.39 is 0 Å². The van der Waals surface area contributed by atoms with Gasteiger partial charge in [0.25, 0.3) is 5.91 Å². The fourth-order valence-corrected chi connectivity index (χ4v) is 2.37. The van der Waals surface area contributed by atoms with Crippen LogP contribution in [0.25, 0.3) is 0 Å². The molecular weight excluding hydrogens is 376 g/mol. The van der Waals surface area contributed by atoms with E-state index in [2.05, 4.69) is 33.1 Å². The Morgan fingerprint density at radius 3 is 2.65 bits per heavy atom. The van der Waals surface area contributed by atoms with Crippen molar-refractivity contribution in [1.82, 2.24) is 5.32 Å². The molecule has 0 unspecified atom stereocenters. The lowest BCUT2D eigenvalue weighted by atomic mass is 10.2. The Kier molecular flexibility index (Phi) is 6.31. The monoisotopic (exact) mass is 390 g/mol. The van der Waals surface area contributed by atoms with E-state index in [1.165, 1.54) is 0 Å². The summed E-state index contributed by atoms with van der Waals surface area (Å²) in [6.45, 7) is 4.05. The molecule has 2 aromatic rings. The van der Waals surface area contributed by atoms with E-state index in [1.54, 1.807) is 24.3 Å². The van der Waals surface area contributed by atoms with Gasteiger partial charge in [0, 0.05) is 15.7 Å². The lowest BCUT2D eigenvalue weighted by molar-refractivity contribution is 0.0977. The van der Waals surface area contributed by atoms with Gasteiger partial charge in [-0.15, -0.1) is 0 Å². The number of anilines is 1. The summed E-state index contributed by atoms with van der Waals surface area (Å²) in [5, 5.41) is 5.82. The molecule has 0 spiro atoms. The van der Waals surface area contributed by atoms with Crippen LogP contribution in [0, 0.1) is 0 Å². The third-order valence-electron chi connectivity index (χ3n) is 2.79. The van der Waals surface area contributed by atoms with E-state index in [1.807, 2.05) is 30.3 Å². The maximum Gasteiger partial charge on any atom is 0.257 e. The number of hydrogen-bond donors (Lipinski definition) is 2. The predicted molar refractivity (Wildman–Crippen MR) is 100.0 cm³/mol. The maximum absolute atomic E-state index is 12.1. The Balaban J connectivity index is 1.91. The average molecular weight is 391 g/mol. The highest BCUT2D eigenvalue weighted by Gasteiger charge is 2.08. The third-order valence-corrected chi connectivity index (χ3v) is 3.49. The van der Waals surface area contributed by atoms with Gasteiger partial charge in [-0.25, -0.2) is 0 Å². The summed E-state index contributed by atoms with van der Waals surface area (Å²) in [4.78, 5) is 12.1. The quantitative estimate of drug-likeness (QED) is 0.594. The first-order valence-corrected chi connectivity index (χ1v) is 8.00. The van der Waals surface area contributed by atoms with Gasteiger partial charge in [-0.1, -0.05) is 34.7 Å². The molecule has 2 N–H and O–H groups in total. The Hall–Kier alpha value is -2.18. The number of amides is 1. The van der Waals surface area contributed by atoms with Crippen LogP contribution in [0.5, 0.6) is 5.75 Å². The molecule has 0 atom stereocenters. The summed E-state index contributed by atoms with van der Waals surface area (Å²) in [6.07, 6.45) is 1.68. The zero-order valence-electron chi connectivity index (χ0n) is 12.2. The van der Waals surface area contributed by atoms with Crippen molar-refractivity contribution in [2.75, 3.05) is 11.9 Å². The molecule has 0 aliphatic heterocycles. The first-order valence-electron chi connectivity index (χ1n) is 6.80. The zero-order valence-corrected chi connectivity index (χ0v) is 14.6. The second-order valence-corrected chi connectivity index (χ2v) is 5.87. The molecule has 0 radical (unpaired) electrons. The fourth-order valence-electron chi connectivity index (χ4n) is 1.76. The predicted octanol–water partition coefficient (Wildman–Crippen LogP) is 4.14. The second-order valence-electron chi connectivity index (χ2n) is 4.54.